The molecule has 0 aliphatic rings. The summed E-state index contributed by atoms with van der Waals surface area (Å²) in [7, 11) is 1.58. The average molecular weight is 303 g/mol. The number of anilines is 1. The van der Waals surface area contributed by atoms with Gasteiger partial charge in [0.1, 0.15) is 17.3 Å². The lowest BCUT2D eigenvalue weighted by molar-refractivity contribution is -0.122. The van der Waals surface area contributed by atoms with Crippen LogP contribution in [0, 0.1) is 12.7 Å². The minimum Gasteiger partial charge on any atom is -0.497 e. The number of aryl methyl sites for hydroxylation is 1. The van der Waals surface area contributed by atoms with Crippen LogP contribution in [0.2, 0.25) is 0 Å². The van der Waals surface area contributed by atoms with Crippen LogP contribution in [0.25, 0.3) is 0 Å². The molecule has 1 atom stereocenters. The first-order valence-corrected chi connectivity index (χ1v) is 6.87. The number of amides is 1. The van der Waals surface area contributed by atoms with Crippen molar-refractivity contribution in [1.29, 1.82) is 0 Å². The summed E-state index contributed by atoms with van der Waals surface area (Å²) >= 11 is 0. The third kappa shape index (κ3) is 3.97. The van der Waals surface area contributed by atoms with Gasteiger partial charge in [0.05, 0.1) is 7.11 Å². The van der Waals surface area contributed by atoms with E-state index in [1.165, 1.54) is 18.2 Å². The summed E-state index contributed by atoms with van der Waals surface area (Å²) in [5.74, 6) is 0.647. The highest BCUT2D eigenvalue weighted by molar-refractivity contribution is 5.94. The Bertz CT molecular complexity index is 655. The second-order valence-electron chi connectivity index (χ2n) is 4.88. The lowest BCUT2D eigenvalue weighted by Crippen LogP contribution is -2.30. The van der Waals surface area contributed by atoms with Crippen LogP contribution < -0.4 is 14.8 Å². The van der Waals surface area contributed by atoms with Gasteiger partial charge in [-0.3, -0.25) is 4.79 Å². The van der Waals surface area contributed by atoms with Crippen molar-refractivity contribution in [3.8, 4) is 11.5 Å². The number of hydrogen-bond acceptors (Lipinski definition) is 3. The zero-order valence-electron chi connectivity index (χ0n) is 12.7. The van der Waals surface area contributed by atoms with E-state index in [0.29, 0.717) is 22.7 Å². The summed E-state index contributed by atoms with van der Waals surface area (Å²) < 4.78 is 23.7. The van der Waals surface area contributed by atoms with Gasteiger partial charge in [-0.05, 0) is 61.9 Å². The summed E-state index contributed by atoms with van der Waals surface area (Å²) in [6.07, 6.45) is -0.683. The van der Waals surface area contributed by atoms with E-state index < -0.39 is 6.10 Å². The molecule has 2 aromatic rings. The van der Waals surface area contributed by atoms with Gasteiger partial charge in [-0.25, -0.2) is 4.39 Å². The lowest BCUT2D eigenvalue weighted by Gasteiger charge is -2.16. The summed E-state index contributed by atoms with van der Waals surface area (Å²) in [4.78, 5) is 12.1. The van der Waals surface area contributed by atoms with Gasteiger partial charge in [0.25, 0.3) is 5.91 Å². The molecule has 0 aliphatic carbocycles. The van der Waals surface area contributed by atoms with Gasteiger partial charge in [-0.15, -0.1) is 0 Å². The molecular formula is C17H18FNO3. The van der Waals surface area contributed by atoms with E-state index in [2.05, 4.69) is 5.32 Å². The molecule has 1 amide bonds. The second kappa shape index (κ2) is 6.93. The highest BCUT2D eigenvalue weighted by Gasteiger charge is 2.16. The van der Waals surface area contributed by atoms with Crippen LogP contribution in [0.1, 0.15) is 12.5 Å². The third-order valence-corrected chi connectivity index (χ3v) is 3.19. The van der Waals surface area contributed by atoms with Crippen molar-refractivity contribution in [2.24, 2.45) is 0 Å². The van der Waals surface area contributed by atoms with Crippen molar-refractivity contribution in [3.05, 3.63) is 53.8 Å². The fourth-order valence-electron chi connectivity index (χ4n) is 1.91. The number of carbonyl (C=O) groups excluding carboxylic acids is 1. The molecule has 0 radical (unpaired) electrons. The van der Waals surface area contributed by atoms with Crippen LogP contribution >= 0.6 is 0 Å². The Balaban J connectivity index is 1.99. The van der Waals surface area contributed by atoms with Gasteiger partial charge in [0.15, 0.2) is 6.10 Å². The van der Waals surface area contributed by atoms with Crippen molar-refractivity contribution in [2.45, 2.75) is 20.0 Å². The predicted octanol–water partition coefficient (Wildman–Crippen LogP) is 3.55. The van der Waals surface area contributed by atoms with Gasteiger partial charge in [-0.2, -0.15) is 0 Å². The number of halogens is 1. The molecule has 0 fully saturated rings. The van der Waals surface area contributed by atoms with E-state index >= 15 is 0 Å². The molecule has 2 aromatic carbocycles. The molecular weight excluding hydrogens is 285 g/mol. The molecule has 5 heteroatoms. The number of ether oxygens (including phenoxy) is 2. The first-order valence-electron chi connectivity index (χ1n) is 6.87. The maximum Gasteiger partial charge on any atom is 0.265 e. The van der Waals surface area contributed by atoms with Crippen molar-refractivity contribution >= 4 is 11.6 Å². The zero-order chi connectivity index (χ0) is 16.1. The van der Waals surface area contributed by atoms with Crippen LogP contribution in [-0.2, 0) is 4.79 Å². The predicted molar refractivity (Wildman–Crippen MR) is 82.9 cm³/mol. The van der Waals surface area contributed by atoms with Gasteiger partial charge in [0, 0.05) is 5.69 Å². The number of methoxy groups -OCH3 is 1. The van der Waals surface area contributed by atoms with E-state index in [1.54, 1.807) is 45.2 Å². The maximum atomic E-state index is 13.0. The lowest BCUT2D eigenvalue weighted by atomic mass is 10.2. The average Bonchev–Trinajstić information content (AvgIpc) is 2.50. The Morgan fingerprint density at radius 3 is 2.36 bits per heavy atom. The van der Waals surface area contributed by atoms with Crippen molar-refractivity contribution in [1.82, 2.24) is 0 Å². The van der Waals surface area contributed by atoms with Gasteiger partial charge in [0.2, 0.25) is 0 Å². The van der Waals surface area contributed by atoms with E-state index in [1.807, 2.05) is 0 Å². The number of rotatable bonds is 5. The molecule has 0 saturated carbocycles. The Morgan fingerprint density at radius 2 is 1.77 bits per heavy atom. The number of benzene rings is 2. The summed E-state index contributed by atoms with van der Waals surface area (Å²) in [5, 5.41) is 2.72. The van der Waals surface area contributed by atoms with Gasteiger partial charge in [-0.1, -0.05) is 0 Å². The molecule has 0 aliphatic heterocycles. The Kier molecular flexibility index (Phi) is 4.99. The van der Waals surface area contributed by atoms with Gasteiger partial charge < -0.3 is 14.8 Å². The molecule has 22 heavy (non-hydrogen) atoms. The van der Waals surface area contributed by atoms with Crippen molar-refractivity contribution in [2.75, 3.05) is 12.4 Å². The largest absolute Gasteiger partial charge is 0.497 e. The SMILES string of the molecule is COc1ccc(OC(C)C(=O)Nc2ccc(F)cc2C)cc1. The first-order chi connectivity index (χ1) is 10.5. The number of carbonyl (C=O) groups is 1. The third-order valence-electron chi connectivity index (χ3n) is 3.19. The molecule has 0 spiro atoms. The van der Waals surface area contributed by atoms with Crippen molar-refractivity contribution < 1.29 is 18.7 Å². The number of nitrogens with one attached hydrogen (secondary N) is 1. The fraction of sp³-hybridized carbons (Fsp3) is 0.235. The second-order valence-corrected chi connectivity index (χ2v) is 4.88. The number of hydrogen-bond donors (Lipinski definition) is 1. The monoisotopic (exact) mass is 303 g/mol. The molecule has 1 N–H and O–H groups in total. The van der Waals surface area contributed by atoms with E-state index in [4.69, 9.17) is 9.47 Å². The molecule has 0 bridgehead atoms. The molecule has 0 heterocycles. The standard InChI is InChI=1S/C17H18FNO3/c1-11-10-13(18)4-9-16(11)19-17(20)12(2)22-15-7-5-14(21-3)6-8-15/h4-10,12H,1-3H3,(H,19,20). The van der Waals surface area contributed by atoms with Crippen molar-refractivity contribution in [3.63, 3.8) is 0 Å². The molecule has 1 unspecified atom stereocenters. The van der Waals surface area contributed by atoms with E-state index in [-0.39, 0.29) is 11.7 Å². The molecule has 4 nitrogen and oxygen atoms in total. The van der Waals surface area contributed by atoms with Crippen LogP contribution in [0.3, 0.4) is 0 Å². The van der Waals surface area contributed by atoms with Crippen LogP contribution in [0.5, 0.6) is 11.5 Å². The van der Waals surface area contributed by atoms with E-state index in [9.17, 15) is 9.18 Å². The smallest absolute Gasteiger partial charge is 0.265 e. The molecule has 0 saturated heterocycles. The minimum absolute atomic E-state index is 0.300. The van der Waals surface area contributed by atoms with E-state index in [0.717, 1.165) is 0 Å². The summed E-state index contributed by atoms with van der Waals surface area (Å²) in [6, 6.07) is 11.2. The quantitative estimate of drug-likeness (QED) is 0.919. The topological polar surface area (TPSA) is 47.6 Å². The molecule has 0 aromatic heterocycles. The van der Waals surface area contributed by atoms with Crippen LogP contribution in [-0.4, -0.2) is 19.1 Å². The Morgan fingerprint density at radius 1 is 1.14 bits per heavy atom. The Hall–Kier alpha value is -2.56. The van der Waals surface area contributed by atoms with Crippen LogP contribution in [0.15, 0.2) is 42.5 Å². The summed E-state index contributed by atoms with van der Waals surface area (Å²) in [6.45, 7) is 3.38. The molecule has 2 rings (SSSR count). The normalized spacial score (nSPS) is 11.6. The molecule has 116 valence electrons. The highest BCUT2D eigenvalue weighted by atomic mass is 19.1. The zero-order valence-corrected chi connectivity index (χ0v) is 12.7. The highest BCUT2D eigenvalue weighted by Crippen LogP contribution is 2.19. The maximum absolute atomic E-state index is 13.0. The van der Waals surface area contributed by atoms with Gasteiger partial charge >= 0.3 is 0 Å². The Labute approximate surface area is 128 Å². The first kappa shape index (κ1) is 15.8. The minimum atomic E-state index is -0.683. The van der Waals surface area contributed by atoms with Crippen LogP contribution in [0.4, 0.5) is 10.1 Å². The summed E-state index contributed by atoms with van der Waals surface area (Å²) in [5.41, 5.74) is 1.22. The fourth-order valence-corrected chi connectivity index (χ4v) is 1.91.